The van der Waals surface area contributed by atoms with E-state index in [9.17, 15) is 5.11 Å². The third-order valence-electron chi connectivity index (χ3n) is 4.95. The first kappa shape index (κ1) is 16.5. The van der Waals surface area contributed by atoms with E-state index in [0.717, 1.165) is 47.7 Å². The van der Waals surface area contributed by atoms with Crippen LogP contribution in [0.4, 0.5) is 11.5 Å². The number of nitrogens with one attached hydrogen (secondary N) is 1. The van der Waals surface area contributed by atoms with E-state index >= 15 is 0 Å². The lowest BCUT2D eigenvalue weighted by Gasteiger charge is -2.39. The number of allylic oxidation sites excluding steroid dienone is 3. The minimum absolute atomic E-state index is 0.00942. The molecule has 3 heterocycles. The second-order valence-electron chi connectivity index (χ2n) is 7.39. The Hall–Kier alpha value is -2.93. The van der Waals surface area contributed by atoms with E-state index in [1.807, 2.05) is 28.9 Å². The molecule has 7 heteroatoms. The average Bonchev–Trinajstić information content (AvgIpc) is 2.96. The SMILES string of the molecule is C[N+]1(C)CCN(c2nn3ccccc3c2/N=C2\C=CC(=N)C=C2O)CC1. The van der Waals surface area contributed by atoms with E-state index in [-0.39, 0.29) is 11.5 Å². The molecule has 0 atom stereocenters. The fourth-order valence-corrected chi connectivity index (χ4v) is 3.25. The van der Waals surface area contributed by atoms with Crippen LogP contribution in [0.25, 0.3) is 5.52 Å². The predicted octanol–water partition coefficient (Wildman–Crippen LogP) is 2.33. The summed E-state index contributed by atoms with van der Waals surface area (Å²) < 4.78 is 2.83. The summed E-state index contributed by atoms with van der Waals surface area (Å²) in [6, 6.07) is 5.88. The maximum Gasteiger partial charge on any atom is 0.178 e. The topological polar surface area (TPSA) is 77.0 Å². The van der Waals surface area contributed by atoms with Gasteiger partial charge in [0.15, 0.2) is 5.82 Å². The summed E-state index contributed by atoms with van der Waals surface area (Å²) in [5, 5.41) is 22.6. The van der Waals surface area contributed by atoms with Gasteiger partial charge in [-0.1, -0.05) is 6.07 Å². The van der Waals surface area contributed by atoms with Gasteiger partial charge in [0.2, 0.25) is 0 Å². The highest BCUT2D eigenvalue weighted by Crippen LogP contribution is 2.34. The zero-order valence-corrected chi connectivity index (χ0v) is 15.1. The average molecular weight is 351 g/mol. The zero-order valence-electron chi connectivity index (χ0n) is 15.1. The molecule has 1 aliphatic heterocycles. The summed E-state index contributed by atoms with van der Waals surface area (Å²) in [6.07, 6.45) is 6.62. The van der Waals surface area contributed by atoms with Crippen molar-refractivity contribution in [2.24, 2.45) is 4.99 Å². The monoisotopic (exact) mass is 351 g/mol. The van der Waals surface area contributed by atoms with Crippen molar-refractivity contribution in [3.05, 3.63) is 48.4 Å². The number of pyridine rings is 1. The molecule has 2 aromatic heterocycles. The van der Waals surface area contributed by atoms with E-state index in [0.29, 0.717) is 5.71 Å². The highest BCUT2D eigenvalue weighted by Gasteiger charge is 2.28. The molecule has 0 saturated carbocycles. The molecular weight excluding hydrogens is 328 g/mol. The van der Waals surface area contributed by atoms with Crippen molar-refractivity contribution in [1.82, 2.24) is 9.61 Å². The molecule has 4 rings (SSSR count). The molecular formula is C19H23N6O+. The fourth-order valence-electron chi connectivity index (χ4n) is 3.25. The molecule has 26 heavy (non-hydrogen) atoms. The second kappa shape index (κ2) is 6.10. The quantitative estimate of drug-likeness (QED) is 0.644. The van der Waals surface area contributed by atoms with Crippen molar-refractivity contribution in [1.29, 1.82) is 5.41 Å². The number of aliphatic imine (C=N–C) groups is 1. The summed E-state index contributed by atoms with van der Waals surface area (Å²) >= 11 is 0. The first-order chi connectivity index (χ1) is 12.4. The first-order valence-corrected chi connectivity index (χ1v) is 8.74. The van der Waals surface area contributed by atoms with Gasteiger partial charge in [-0.2, -0.15) is 0 Å². The van der Waals surface area contributed by atoms with Gasteiger partial charge in [0.05, 0.1) is 51.5 Å². The summed E-state index contributed by atoms with van der Waals surface area (Å²) in [7, 11) is 4.49. The number of nitrogens with zero attached hydrogens (tertiary/aromatic N) is 5. The summed E-state index contributed by atoms with van der Waals surface area (Å²) in [5.41, 5.74) is 2.37. The fraction of sp³-hybridized carbons (Fsp3) is 0.316. The number of aromatic nitrogens is 2. The molecule has 0 spiro atoms. The number of anilines is 1. The molecule has 134 valence electrons. The largest absolute Gasteiger partial charge is 0.506 e. The molecule has 0 bridgehead atoms. The van der Waals surface area contributed by atoms with E-state index in [2.05, 4.69) is 19.0 Å². The predicted molar refractivity (Wildman–Crippen MR) is 104 cm³/mol. The van der Waals surface area contributed by atoms with Crippen LogP contribution in [0.5, 0.6) is 0 Å². The van der Waals surface area contributed by atoms with E-state index in [1.165, 1.54) is 6.08 Å². The third kappa shape index (κ3) is 3.01. The Kier molecular flexibility index (Phi) is 3.88. The van der Waals surface area contributed by atoms with Crippen LogP contribution in [0.3, 0.4) is 0 Å². The lowest BCUT2D eigenvalue weighted by atomic mass is 10.1. The van der Waals surface area contributed by atoms with Crippen molar-refractivity contribution in [2.45, 2.75) is 0 Å². The van der Waals surface area contributed by atoms with Crippen molar-refractivity contribution in [2.75, 3.05) is 45.2 Å². The normalized spacial score (nSPS) is 21.5. The molecule has 0 amide bonds. The van der Waals surface area contributed by atoms with Gasteiger partial charge in [-0.25, -0.2) is 9.51 Å². The second-order valence-corrected chi connectivity index (χ2v) is 7.39. The van der Waals surface area contributed by atoms with Crippen LogP contribution in [-0.4, -0.2) is 70.9 Å². The van der Waals surface area contributed by atoms with Crippen molar-refractivity contribution in [3.63, 3.8) is 0 Å². The van der Waals surface area contributed by atoms with Gasteiger partial charge < -0.3 is 19.9 Å². The Morgan fingerprint density at radius 1 is 1.19 bits per heavy atom. The summed E-state index contributed by atoms with van der Waals surface area (Å²) in [6.45, 7) is 3.92. The number of rotatable bonds is 2. The van der Waals surface area contributed by atoms with Gasteiger partial charge in [-0.3, -0.25) is 0 Å². The number of aliphatic hydroxyl groups excluding tert-OH is 1. The Morgan fingerprint density at radius 3 is 2.69 bits per heavy atom. The maximum atomic E-state index is 10.2. The van der Waals surface area contributed by atoms with Gasteiger partial charge in [-0.05, 0) is 24.3 Å². The Labute approximate surface area is 152 Å². The van der Waals surface area contributed by atoms with Crippen LogP contribution in [-0.2, 0) is 0 Å². The zero-order chi connectivity index (χ0) is 18.3. The third-order valence-corrected chi connectivity index (χ3v) is 4.95. The molecule has 0 aromatic carbocycles. The van der Waals surface area contributed by atoms with E-state index in [4.69, 9.17) is 15.5 Å². The smallest absolute Gasteiger partial charge is 0.178 e. The molecule has 1 aliphatic carbocycles. The number of quaternary nitrogens is 1. The highest BCUT2D eigenvalue weighted by molar-refractivity contribution is 6.20. The highest BCUT2D eigenvalue weighted by atomic mass is 16.3. The van der Waals surface area contributed by atoms with Crippen LogP contribution < -0.4 is 4.90 Å². The number of hydrogen-bond donors (Lipinski definition) is 2. The minimum atomic E-state index is 0.00942. The van der Waals surface area contributed by atoms with Crippen LogP contribution in [0.2, 0.25) is 0 Å². The van der Waals surface area contributed by atoms with Gasteiger partial charge in [0.25, 0.3) is 0 Å². The molecule has 1 fully saturated rings. The van der Waals surface area contributed by atoms with Gasteiger partial charge >= 0.3 is 0 Å². The van der Waals surface area contributed by atoms with Crippen molar-refractivity contribution in [3.8, 4) is 0 Å². The van der Waals surface area contributed by atoms with E-state index in [1.54, 1.807) is 12.2 Å². The summed E-state index contributed by atoms with van der Waals surface area (Å²) in [5.74, 6) is 0.848. The number of likely N-dealkylation sites (N-methyl/N-ethyl adjacent to an activating group) is 1. The molecule has 1 saturated heterocycles. The number of hydrogen-bond acceptors (Lipinski definition) is 5. The van der Waals surface area contributed by atoms with Crippen LogP contribution in [0, 0.1) is 5.41 Å². The molecule has 2 aliphatic rings. The lowest BCUT2D eigenvalue weighted by Crippen LogP contribution is -2.55. The van der Waals surface area contributed by atoms with E-state index < -0.39 is 0 Å². The van der Waals surface area contributed by atoms with Gasteiger partial charge in [0, 0.05) is 12.3 Å². The number of aliphatic hydroxyl groups is 1. The lowest BCUT2D eigenvalue weighted by molar-refractivity contribution is -0.890. The summed E-state index contributed by atoms with van der Waals surface area (Å²) in [4.78, 5) is 6.99. The van der Waals surface area contributed by atoms with Crippen LogP contribution in [0.15, 0.2) is 53.4 Å². The first-order valence-electron chi connectivity index (χ1n) is 8.74. The van der Waals surface area contributed by atoms with Crippen LogP contribution in [0.1, 0.15) is 0 Å². The van der Waals surface area contributed by atoms with Gasteiger partial charge in [0.1, 0.15) is 17.2 Å². The number of piperazine rings is 1. The Balaban J connectivity index is 1.79. The van der Waals surface area contributed by atoms with Crippen molar-refractivity contribution >= 4 is 28.4 Å². The molecule has 0 unspecified atom stereocenters. The van der Waals surface area contributed by atoms with Crippen molar-refractivity contribution < 1.29 is 9.59 Å². The maximum absolute atomic E-state index is 10.2. The Bertz CT molecular complexity index is 956. The molecule has 2 aromatic rings. The standard InChI is InChI=1S/C19H22N6O/c1-25(2)11-9-23(10-12-25)19-18(16-5-3-4-8-24(16)22-19)21-15-7-6-14(20)13-17(15)26/h3-8,13H,9-12H2,1-2H3,(H-,20,26)/p+1/b21-15+. The number of fused-ring (bicyclic) bond motifs is 1. The Morgan fingerprint density at radius 2 is 1.96 bits per heavy atom. The van der Waals surface area contributed by atoms with Gasteiger partial charge in [-0.15, -0.1) is 5.10 Å². The molecule has 0 radical (unpaired) electrons. The van der Waals surface area contributed by atoms with Crippen LogP contribution >= 0.6 is 0 Å². The molecule has 7 nitrogen and oxygen atoms in total. The minimum Gasteiger partial charge on any atom is -0.506 e. The molecule has 2 N–H and O–H groups in total.